The van der Waals surface area contributed by atoms with Crippen LogP contribution in [-0.4, -0.2) is 41.5 Å². The Labute approximate surface area is 138 Å². The first-order chi connectivity index (χ1) is 11.5. The third-order valence-corrected chi connectivity index (χ3v) is 4.28. The molecular weight excluding hydrogens is 310 g/mol. The van der Waals surface area contributed by atoms with E-state index in [0.29, 0.717) is 0 Å². The third kappa shape index (κ3) is 2.97. The van der Waals surface area contributed by atoms with Gasteiger partial charge in [0.25, 0.3) is 0 Å². The highest BCUT2D eigenvalue weighted by Gasteiger charge is 2.38. The molecule has 7 nitrogen and oxygen atoms in total. The second-order valence-corrected chi connectivity index (χ2v) is 5.93. The highest BCUT2D eigenvalue weighted by atomic mass is 16.5. The van der Waals surface area contributed by atoms with Gasteiger partial charge in [-0.25, -0.2) is 0 Å². The van der Waals surface area contributed by atoms with Crippen molar-refractivity contribution in [3.8, 4) is 0 Å². The normalized spacial score (nSPS) is 21.9. The van der Waals surface area contributed by atoms with Crippen LogP contribution >= 0.6 is 0 Å². The minimum absolute atomic E-state index is 0.166. The lowest BCUT2D eigenvalue weighted by molar-refractivity contribution is -0.146. The molecule has 1 unspecified atom stereocenters. The summed E-state index contributed by atoms with van der Waals surface area (Å²) in [6.45, 7) is 2.98. The van der Waals surface area contributed by atoms with Gasteiger partial charge in [-0.3, -0.25) is 14.4 Å². The van der Waals surface area contributed by atoms with Crippen molar-refractivity contribution in [2.45, 2.75) is 31.8 Å². The van der Waals surface area contributed by atoms with E-state index in [9.17, 15) is 14.4 Å². The second kappa shape index (κ2) is 6.35. The quantitative estimate of drug-likeness (QED) is 0.723. The lowest BCUT2D eigenvalue weighted by atomic mass is 9.90. The molecule has 3 rings (SSSR count). The lowest BCUT2D eigenvalue weighted by Gasteiger charge is -2.32. The molecule has 0 aliphatic carbocycles. The fraction of sp³-hybridized carbons (Fsp3) is 0.353. The summed E-state index contributed by atoms with van der Waals surface area (Å²) < 4.78 is 4.81. The average Bonchev–Trinajstić information content (AvgIpc) is 2.98. The van der Waals surface area contributed by atoms with E-state index in [2.05, 4.69) is 15.6 Å². The maximum Gasteiger partial charge on any atom is 0.302 e. The van der Waals surface area contributed by atoms with Crippen LogP contribution in [0.5, 0.6) is 0 Å². The van der Waals surface area contributed by atoms with E-state index in [0.717, 1.165) is 16.5 Å². The molecule has 24 heavy (non-hydrogen) atoms. The van der Waals surface area contributed by atoms with E-state index in [4.69, 9.17) is 4.74 Å². The molecule has 0 saturated carbocycles. The number of amides is 2. The third-order valence-electron chi connectivity index (χ3n) is 4.28. The van der Waals surface area contributed by atoms with Gasteiger partial charge in [0.2, 0.25) is 11.8 Å². The number of hydrogen-bond donors (Lipinski definition) is 3. The van der Waals surface area contributed by atoms with Gasteiger partial charge in [0.05, 0.1) is 0 Å². The summed E-state index contributed by atoms with van der Waals surface area (Å²) in [4.78, 5) is 38.6. The number of esters is 1. The Balaban J connectivity index is 1.77. The van der Waals surface area contributed by atoms with E-state index >= 15 is 0 Å². The van der Waals surface area contributed by atoms with Crippen molar-refractivity contribution in [1.82, 2.24) is 15.6 Å². The number of fused-ring (bicyclic) bond motifs is 1. The first-order valence-corrected chi connectivity index (χ1v) is 7.77. The molecular formula is C17H19N3O4. The van der Waals surface area contributed by atoms with E-state index in [1.165, 1.54) is 6.92 Å². The second-order valence-electron chi connectivity index (χ2n) is 5.93. The highest BCUT2D eigenvalue weighted by molar-refractivity contribution is 5.98. The average molecular weight is 329 g/mol. The van der Waals surface area contributed by atoms with Gasteiger partial charge in [0.1, 0.15) is 18.7 Å². The molecule has 1 aromatic heterocycles. The number of piperazine rings is 1. The molecule has 1 aliphatic rings. The fourth-order valence-corrected chi connectivity index (χ4v) is 2.97. The Kier molecular flexibility index (Phi) is 4.24. The van der Waals surface area contributed by atoms with Crippen LogP contribution in [0.3, 0.4) is 0 Å². The van der Waals surface area contributed by atoms with Gasteiger partial charge in [-0.15, -0.1) is 0 Å². The predicted molar refractivity (Wildman–Crippen MR) is 87.2 cm³/mol. The monoisotopic (exact) mass is 329 g/mol. The summed E-state index contributed by atoms with van der Waals surface area (Å²) in [6, 6.07) is 6.27. The largest absolute Gasteiger partial charge is 0.463 e. The summed E-state index contributed by atoms with van der Waals surface area (Å²) in [7, 11) is 0. The zero-order chi connectivity index (χ0) is 17.3. The van der Waals surface area contributed by atoms with E-state index in [1.807, 2.05) is 37.4 Å². The number of para-hydroxylation sites is 1. The number of H-pyrrole nitrogens is 1. The van der Waals surface area contributed by atoms with Crippen molar-refractivity contribution in [2.24, 2.45) is 0 Å². The van der Waals surface area contributed by atoms with Gasteiger partial charge in [-0.05, 0) is 11.6 Å². The van der Waals surface area contributed by atoms with Crippen LogP contribution in [-0.2, 0) is 19.1 Å². The molecule has 1 aliphatic heterocycles. The summed E-state index contributed by atoms with van der Waals surface area (Å²) in [5.74, 6) is -1.34. The minimum Gasteiger partial charge on any atom is -0.463 e. The molecule has 1 fully saturated rings. The highest BCUT2D eigenvalue weighted by Crippen LogP contribution is 2.28. The Morgan fingerprint density at radius 2 is 1.96 bits per heavy atom. The summed E-state index contributed by atoms with van der Waals surface area (Å²) in [5.41, 5.74) is 1.94. The molecule has 3 N–H and O–H groups in total. The molecule has 7 heteroatoms. The molecule has 0 bridgehead atoms. The Bertz CT molecular complexity index is 798. The SMILES string of the molecule is CC(=O)OC[C@H]1NC(=O)[C@@H](C(C)c2c[nH]c3ccccc23)NC1=O. The van der Waals surface area contributed by atoms with Gasteiger partial charge in [0, 0.05) is 29.9 Å². The van der Waals surface area contributed by atoms with Gasteiger partial charge in [0.15, 0.2) is 0 Å². The molecule has 3 atom stereocenters. The number of carbonyl (C=O) groups excluding carboxylic acids is 3. The number of aromatic nitrogens is 1. The number of hydrogen-bond acceptors (Lipinski definition) is 4. The van der Waals surface area contributed by atoms with Crippen LogP contribution < -0.4 is 10.6 Å². The summed E-state index contributed by atoms with van der Waals surface area (Å²) >= 11 is 0. The van der Waals surface area contributed by atoms with Crippen LogP contribution in [0, 0.1) is 0 Å². The van der Waals surface area contributed by atoms with Gasteiger partial charge >= 0.3 is 5.97 Å². The van der Waals surface area contributed by atoms with Crippen molar-refractivity contribution in [3.05, 3.63) is 36.0 Å². The molecule has 2 aromatic rings. The number of benzene rings is 1. The number of nitrogens with one attached hydrogen (secondary N) is 3. The van der Waals surface area contributed by atoms with Gasteiger partial charge in [-0.2, -0.15) is 0 Å². The molecule has 1 saturated heterocycles. The smallest absolute Gasteiger partial charge is 0.302 e. The maximum atomic E-state index is 12.4. The Hall–Kier alpha value is -2.83. The summed E-state index contributed by atoms with van der Waals surface area (Å²) in [6.07, 6.45) is 1.86. The molecule has 1 aromatic carbocycles. The predicted octanol–water partition coefficient (Wildman–Crippen LogP) is 0.818. The van der Waals surface area contributed by atoms with Crippen molar-refractivity contribution in [3.63, 3.8) is 0 Å². The topological polar surface area (TPSA) is 100 Å². The van der Waals surface area contributed by atoms with Gasteiger partial charge < -0.3 is 20.4 Å². The minimum atomic E-state index is -0.854. The van der Waals surface area contributed by atoms with Crippen LogP contribution in [0.4, 0.5) is 0 Å². The number of ether oxygens (including phenoxy) is 1. The molecule has 126 valence electrons. The Morgan fingerprint density at radius 1 is 1.21 bits per heavy atom. The fourth-order valence-electron chi connectivity index (χ4n) is 2.97. The van der Waals surface area contributed by atoms with Gasteiger partial charge in [-0.1, -0.05) is 25.1 Å². The van der Waals surface area contributed by atoms with E-state index in [-0.39, 0.29) is 24.3 Å². The number of aromatic amines is 1. The molecule has 2 heterocycles. The summed E-state index contributed by atoms with van der Waals surface area (Å²) in [5, 5.41) is 6.38. The van der Waals surface area contributed by atoms with Crippen molar-refractivity contribution in [2.75, 3.05) is 6.61 Å². The zero-order valence-electron chi connectivity index (χ0n) is 13.5. The molecule has 0 spiro atoms. The standard InChI is InChI=1S/C17H19N3O4/c1-9(12-7-18-13-6-4-3-5-11(12)13)15-17(23)19-14(16(22)20-15)8-24-10(2)21/h3-7,9,14-15,18H,8H2,1-2H3,(H,19,23)(H,20,22)/t9?,14-,15-/m1/s1. The Morgan fingerprint density at radius 3 is 2.71 bits per heavy atom. The van der Waals surface area contributed by atoms with E-state index < -0.39 is 18.1 Å². The van der Waals surface area contributed by atoms with Crippen LogP contribution in [0.25, 0.3) is 10.9 Å². The van der Waals surface area contributed by atoms with E-state index in [1.54, 1.807) is 0 Å². The number of carbonyl (C=O) groups is 3. The first kappa shape index (κ1) is 16.0. The molecule has 2 amide bonds. The molecule has 0 radical (unpaired) electrons. The number of rotatable bonds is 4. The first-order valence-electron chi connectivity index (χ1n) is 7.77. The zero-order valence-corrected chi connectivity index (χ0v) is 13.5. The lowest BCUT2D eigenvalue weighted by Crippen LogP contribution is -2.64. The van der Waals surface area contributed by atoms with Crippen molar-refractivity contribution in [1.29, 1.82) is 0 Å². The van der Waals surface area contributed by atoms with Crippen LogP contribution in [0.15, 0.2) is 30.5 Å². The van der Waals surface area contributed by atoms with Crippen molar-refractivity contribution >= 4 is 28.7 Å². The van der Waals surface area contributed by atoms with Crippen LogP contribution in [0.1, 0.15) is 25.3 Å². The van der Waals surface area contributed by atoms with Crippen LogP contribution in [0.2, 0.25) is 0 Å². The maximum absolute atomic E-state index is 12.4. The van der Waals surface area contributed by atoms with Crippen molar-refractivity contribution < 1.29 is 19.1 Å².